The molecule has 0 spiro atoms. The van der Waals surface area contributed by atoms with Crippen molar-refractivity contribution >= 4 is 16.8 Å². The number of hydrogen-bond acceptors (Lipinski definition) is 3. The van der Waals surface area contributed by atoms with E-state index in [2.05, 4.69) is 20.5 Å². The number of nitrogens with one attached hydrogen (secondary N) is 2. The third kappa shape index (κ3) is 2.63. The molecule has 0 unspecified atom stereocenters. The lowest BCUT2D eigenvalue weighted by molar-refractivity contribution is 0.0935. The highest BCUT2D eigenvalue weighted by molar-refractivity contribution is 6.04. The molecule has 1 atom stereocenters. The Hall–Kier alpha value is -2.69. The van der Waals surface area contributed by atoms with Crippen molar-refractivity contribution in [1.29, 1.82) is 0 Å². The first-order valence-corrected chi connectivity index (χ1v) is 6.81. The zero-order valence-corrected chi connectivity index (χ0v) is 11.9. The normalized spacial score (nSPS) is 12.3. The van der Waals surface area contributed by atoms with Crippen LogP contribution in [0, 0.1) is 6.92 Å². The second-order valence-electron chi connectivity index (χ2n) is 5.07. The molecule has 5 heteroatoms. The lowest BCUT2D eigenvalue weighted by atomic mass is 10.1. The van der Waals surface area contributed by atoms with Crippen molar-refractivity contribution in [3.8, 4) is 0 Å². The van der Waals surface area contributed by atoms with E-state index >= 15 is 0 Å². The Morgan fingerprint density at radius 1 is 1.29 bits per heavy atom. The Morgan fingerprint density at radius 2 is 2.14 bits per heavy atom. The number of fused-ring (bicyclic) bond motifs is 1. The van der Waals surface area contributed by atoms with Gasteiger partial charge in [0.25, 0.3) is 5.91 Å². The van der Waals surface area contributed by atoms with Gasteiger partial charge in [0.15, 0.2) is 5.69 Å². The maximum absolute atomic E-state index is 12.4. The number of nitrogens with zero attached hydrogens (tertiary/aromatic N) is 2. The van der Waals surface area contributed by atoms with Gasteiger partial charge in [0.2, 0.25) is 0 Å². The number of hydrogen-bond donors (Lipinski definition) is 2. The van der Waals surface area contributed by atoms with E-state index in [1.807, 2.05) is 50.2 Å². The van der Waals surface area contributed by atoms with Gasteiger partial charge in [0.1, 0.15) is 0 Å². The van der Waals surface area contributed by atoms with E-state index in [1.165, 1.54) is 0 Å². The van der Waals surface area contributed by atoms with E-state index in [0.29, 0.717) is 5.69 Å². The molecule has 0 aliphatic carbocycles. The maximum atomic E-state index is 12.4. The third-order valence-electron chi connectivity index (χ3n) is 3.41. The number of rotatable bonds is 3. The number of pyridine rings is 1. The highest BCUT2D eigenvalue weighted by Gasteiger charge is 2.17. The number of amides is 1. The van der Waals surface area contributed by atoms with Crippen LogP contribution in [0.2, 0.25) is 0 Å². The van der Waals surface area contributed by atoms with Crippen molar-refractivity contribution in [3.05, 3.63) is 59.5 Å². The molecule has 2 heterocycles. The largest absolute Gasteiger partial charge is 0.343 e. The molecule has 2 aromatic heterocycles. The highest BCUT2D eigenvalue weighted by Crippen LogP contribution is 2.18. The molecule has 106 valence electrons. The Bertz CT molecular complexity index is 779. The molecule has 0 aliphatic heterocycles. The Kier molecular flexibility index (Phi) is 3.39. The van der Waals surface area contributed by atoms with Crippen molar-refractivity contribution in [2.75, 3.05) is 0 Å². The van der Waals surface area contributed by atoms with Crippen molar-refractivity contribution in [3.63, 3.8) is 0 Å². The first-order valence-electron chi connectivity index (χ1n) is 6.81. The van der Waals surface area contributed by atoms with E-state index in [4.69, 9.17) is 0 Å². The molecule has 21 heavy (non-hydrogen) atoms. The molecule has 0 saturated carbocycles. The zero-order chi connectivity index (χ0) is 14.8. The Morgan fingerprint density at radius 3 is 2.90 bits per heavy atom. The minimum Gasteiger partial charge on any atom is -0.343 e. The minimum atomic E-state index is -0.204. The van der Waals surface area contributed by atoms with Crippen LogP contribution in [-0.2, 0) is 0 Å². The van der Waals surface area contributed by atoms with Gasteiger partial charge in [0, 0.05) is 11.6 Å². The van der Waals surface area contributed by atoms with E-state index in [0.717, 1.165) is 22.2 Å². The summed E-state index contributed by atoms with van der Waals surface area (Å²) < 4.78 is 0. The van der Waals surface area contributed by atoms with Gasteiger partial charge < -0.3 is 5.32 Å². The smallest absolute Gasteiger partial charge is 0.272 e. The number of H-pyrrole nitrogens is 1. The van der Waals surface area contributed by atoms with E-state index in [-0.39, 0.29) is 11.9 Å². The highest BCUT2D eigenvalue weighted by atomic mass is 16.2. The summed E-state index contributed by atoms with van der Waals surface area (Å²) in [6.45, 7) is 3.89. The zero-order valence-electron chi connectivity index (χ0n) is 11.9. The van der Waals surface area contributed by atoms with Crippen molar-refractivity contribution in [2.24, 2.45) is 0 Å². The second kappa shape index (κ2) is 5.36. The van der Waals surface area contributed by atoms with Crippen LogP contribution in [0.15, 0.2) is 42.6 Å². The number of aromatic nitrogens is 3. The fourth-order valence-corrected chi connectivity index (χ4v) is 2.27. The van der Waals surface area contributed by atoms with Gasteiger partial charge in [-0.2, -0.15) is 5.10 Å². The average Bonchev–Trinajstić information content (AvgIpc) is 2.91. The molecule has 2 N–H and O–H groups in total. The summed E-state index contributed by atoms with van der Waals surface area (Å²) in [5.41, 5.74) is 3.19. The number of carbonyl (C=O) groups is 1. The molecule has 5 nitrogen and oxygen atoms in total. The minimum absolute atomic E-state index is 0.171. The number of aromatic amines is 1. The number of benzene rings is 1. The summed E-state index contributed by atoms with van der Waals surface area (Å²) in [7, 11) is 0. The maximum Gasteiger partial charge on any atom is 0.272 e. The van der Waals surface area contributed by atoms with Crippen LogP contribution in [0.1, 0.15) is 34.7 Å². The molecule has 0 bridgehead atoms. The van der Waals surface area contributed by atoms with Gasteiger partial charge >= 0.3 is 0 Å². The molecule has 1 aromatic carbocycles. The standard InChI is InChI=1S/C16H16N4O/c1-10-6-7-14-12(9-10)15(20-19-14)16(21)18-11(2)13-5-3-4-8-17-13/h3-9,11H,1-2H3,(H,18,21)(H,19,20)/t11-/m0/s1. The van der Waals surface area contributed by atoms with Crippen molar-refractivity contribution in [1.82, 2.24) is 20.5 Å². The van der Waals surface area contributed by atoms with Crippen molar-refractivity contribution < 1.29 is 4.79 Å². The van der Waals surface area contributed by atoms with Crippen molar-refractivity contribution in [2.45, 2.75) is 19.9 Å². The van der Waals surface area contributed by atoms with Crippen LogP contribution in [0.3, 0.4) is 0 Å². The Balaban J connectivity index is 1.86. The van der Waals surface area contributed by atoms with Crippen LogP contribution in [0.5, 0.6) is 0 Å². The fourth-order valence-electron chi connectivity index (χ4n) is 2.27. The lowest BCUT2D eigenvalue weighted by Gasteiger charge is -2.12. The van der Waals surface area contributed by atoms with Crippen LogP contribution in [0.25, 0.3) is 10.9 Å². The van der Waals surface area contributed by atoms with E-state index in [1.54, 1.807) is 6.20 Å². The van der Waals surface area contributed by atoms with E-state index < -0.39 is 0 Å². The first kappa shape index (κ1) is 13.3. The summed E-state index contributed by atoms with van der Waals surface area (Å²) in [5.74, 6) is -0.204. The quantitative estimate of drug-likeness (QED) is 0.775. The van der Waals surface area contributed by atoms with Gasteiger partial charge in [-0.05, 0) is 38.1 Å². The topological polar surface area (TPSA) is 70.7 Å². The molecule has 0 fully saturated rings. The third-order valence-corrected chi connectivity index (χ3v) is 3.41. The summed E-state index contributed by atoms with van der Waals surface area (Å²) in [6, 6.07) is 11.3. The number of aryl methyl sites for hydroxylation is 1. The van der Waals surface area contributed by atoms with Crippen LogP contribution >= 0.6 is 0 Å². The summed E-state index contributed by atoms with van der Waals surface area (Å²) in [4.78, 5) is 16.6. The SMILES string of the molecule is Cc1ccc2[nH]nc(C(=O)N[C@@H](C)c3ccccn3)c2c1. The van der Waals surface area contributed by atoms with Crippen LogP contribution < -0.4 is 5.32 Å². The monoisotopic (exact) mass is 280 g/mol. The Labute approximate surface area is 122 Å². The van der Waals surface area contributed by atoms with Gasteiger partial charge in [-0.15, -0.1) is 0 Å². The molecule has 0 aliphatic rings. The van der Waals surface area contributed by atoms with Gasteiger partial charge in [-0.25, -0.2) is 0 Å². The summed E-state index contributed by atoms with van der Waals surface area (Å²) in [6.07, 6.45) is 1.71. The number of carbonyl (C=O) groups excluding carboxylic acids is 1. The van der Waals surface area contributed by atoms with Gasteiger partial charge in [-0.3, -0.25) is 14.9 Å². The summed E-state index contributed by atoms with van der Waals surface area (Å²) in [5, 5.41) is 10.8. The van der Waals surface area contributed by atoms with Crippen LogP contribution in [0.4, 0.5) is 0 Å². The van der Waals surface area contributed by atoms with Gasteiger partial charge in [-0.1, -0.05) is 17.7 Å². The molecule has 0 saturated heterocycles. The first-order chi connectivity index (χ1) is 10.1. The molecule has 3 rings (SSSR count). The molecular formula is C16H16N4O. The second-order valence-corrected chi connectivity index (χ2v) is 5.07. The van der Waals surface area contributed by atoms with Crippen LogP contribution in [-0.4, -0.2) is 21.1 Å². The fraction of sp³-hybridized carbons (Fsp3) is 0.188. The average molecular weight is 280 g/mol. The predicted octanol–water partition coefficient (Wildman–Crippen LogP) is 2.76. The summed E-state index contributed by atoms with van der Waals surface area (Å²) >= 11 is 0. The van der Waals surface area contributed by atoms with Gasteiger partial charge in [0.05, 0.1) is 17.3 Å². The molecule has 1 amide bonds. The lowest BCUT2D eigenvalue weighted by Crippen LogP contribution is -2.27. The molecule has 0 radical (unpaired) electrons. The molecular weight excluding hydrogens is 264 g/mol. The predicted molar refractivity (Wildman–Crippen MR) is 80.9 cm³/mol. The molecule has 3 aromatic rings. The van der Waals surface area contributed by atoms with E-state index in [9.17, 15) is 4.79 Å².